The first-order valence-corrected chi connectivity index (χ1v) is 7.11. The highest BCUT2D eigenvalue weighted by Gasteiger charge is 2.40. The molecule has 1 aliphatic heterocycles. The van der Waals surface area contributed by atoms with Gasteiger partial charge in [-0.05, 0) is 12.5 Å². The summed E-state index contributed by atoms with van der Waals surface area (Å²) in [4.78, 5) is 11.3. The summed E-state index contributed by atoms with van der Waals surface area (Å²) >= 11 is 0. The normalized spacial score (nSPS) is 29.1. The zero-order chi connectivity index (χ0) is 15.2. The van der Waals surface area contributed by atoms with Gasteiger partial charge in [0.1, 0.15) is 12.2 Å². The van der Waals surface area contributed by atoms with Gasteiger partial charge in [-0.2, -0.15) is 0 Å². The Bertz CT molecular complexity index is 447. The third kappa shape index (κ3) is 4.52. The number of hydrogen-bond donors (Lipinski definition) is 0. The fourth-order valence-corrected chi connectivity index (χ4v) is 2.47. The predicted octanol–water partition coefficient (Wildman–Crippen LogP) is 2.28. The molecule has 0 spiro atoms. The molecule has 0 radical (unpaired) electrons. The van der Waals surface area contributed by atoms with Gasteiger partial charge in [0.05, 0.1) is 12.7 Å². The van der Waals surface area contributed by atoms with Crippen molar-refractivity contribution < 1.29 is 23.7 Å². The van der Waals surface area contributed by atoms with Gasteiger partial charge in [-0.1, -0.05) is 30.3 Å². The van der Waals surface area contributed by atoms with E-state index >= 15 is 0 Å². The van der Waals surface area contributed by atoms with Crippen molar-refractivity contribution in [2.45, 2.75) is 51.5 Å². The van der Waals surface area contributed by atoms with Gasteiger partial charge in [0, 0.05) is 20.5 Å². The van der Waals surface area contributed by atoms with Gasteiger partial charge in [0.25, 0.3) is 0 Å². The van der Waals surface area contributed by atoms with Gasteiger partial charge >= 0.3 is 5.97 Å². The van der Waals surface area contributed by atoms with Gasteiger partial charge < -0.3 is 18.9 Å². The Hall–Kier alpha value is -1.43. The molecule has 0 saturated carbocycles. The van der Waals surface area contributed by atoms with Crippen LogP contribution in [0.3, 0.4) is 0 Å². The maximum atomic E-state index is 11.3. The largest absolute Gasteiger partial charge is 0.459 e. The van der Waals surface area contributed by atoms with Crippen molar-refractivity contribution in [3.8, 4) is 0 Å². The first-order valence-electron chi connectivity index (χ1n) is 7.11. The molecular weight excluding hydrogens is 272 g/mol. The summed E-state index contributed by atoms with van der Waals surface area (Å²) in [7, 11) is 1.56. The van der Waals surface area contributed by atoms with Crippen LogP contribution in [0.1, 0.15) is 25.8 Å². The van der Waals surface area contributed by atoms with Crippen molar-refractivity contribution in [1.82, 2.24) is 0 Å². The number of ether oxygens (including phenoxy) is 4. The minimum Gasteiger partial charge on any atom is -0.459 e. The topological polar surface area (TPSA) is 54.0 Å². The second-order valence-corrected chi connectivity index (χ2v) is 5.20. The number of carbonyl (C=O) groups excluding carboxylic acids is 1. The van der Waals surface area contributed by atoms with Crippen LogP contribution >= 0.6 is 0 Å². The zero-order valence-corrected chi connectivity index (χ0v) is 12.7. The maximum Gasteiger partial charge on any atom is 0.302 e. The molecule has 1 aromatic rings. The molecule has 2 rings (SSSR count). The van der Waals surface area contributed by atoms with Crippen molar-refractivity contribution in [2.75, 3.05) is 7.11 Å². The molecule has 0 aromatic heterocycles. The van der Waals surface area contributed by atoms with E-state index in [9.17, 15) is 4.79 Å². The van der Waals surface area contributed by atoms with Crippen LogP contribution in [0, 0.1) is 0 Å². The number of esters is 1. The van der Waals surface area contributed by atoms with E-state index in [0.29, 0.717) is 13.0 Å². The Kier molecular flexibility index (Phi) is 5.73. The Balaban J connectivity index is 2.04. The van der Waals surface area contributed by atoms with Gasteiger partial charge in [0.15, 0.2) is 6.29 Å². The van der Waals surface area contributed by atoms with Gasteiger partial charge in [-0.3, -0.25) is 4.79 Å². The molecule has 1 fully saturated rings. The van der Waals surface area contributed by atoms with Crippen molar-refractivity contribution in [2.24, 2.45) is 0 Å². The number of benzene rings is 1. The molecule has 0 N–H and O–H groups in total. The number of carbonyl (C=O) groups is 1. The third-order valence-corrected chi connectivity index (χ3v) is 3.40. The third-order valence-electron chi connectivity index (χ3n) is 3.40. The fraction of sp³-hybridized carbons (Fsp3) is 0.562. The average molecular weight is 294 g/mol. The first-order chi connectivity index (χ1) is 10.1. The van der Waals surface area contributed by atoms with Crippen LogP contribution in [0.15, 0.2) is 30.3 Å². The lowest BCUT2D eigenvalue weighted by Crippen LogP contribution is -2.51. The van der Waals surface area contributed by atoms with Crippen molar-refractivity contribution in [3.05, 3.63) is 35.9 Å². The molecule has 0 bridgehead atoms. The summed E-state index contributed by atoms with van der Waals surface area (Å²) in [5.41, 5.74) is 1.05. The summed E-state index contributed by atoms with van der Waals surface area (Å²) in [6.07, 6.45) is -0.785. The van der Waals surface area contributed by atoms with Crippen LogP contribution in [0.25, 0.3) is 0 Å². The minimum absolute atomic E-state index is 0.0455. The summed E-state index contributed by atoms with van der Waals surface area (Å²) in [5, 5.41) is 0. The van der Waals surface area contributed by atoms with Crippen LogP contribution in [0.2, 0.25) is 0 Å². The summed E-state index contributed by atoms with van der Waals surface area (Å²) in [6.45, 7) is 3.74. The first kappa shape index (κ1) is 15.9. The average Bonchev–Trinajstić information content (AvgIpc) is 2.46. The van der Waals surface area contributed by atoms with Gasteiger partial charge in [-0.25, -0.2) is 0 Å². The van der Waals surface area contributed by atoms with Crippen LogP contribution in [0.4, 0.5) is 0 Å². The maximum absolute atomic E-state index is 11.3. The van der Waals surface area contributed by atoms with Crippen molar-refractivity contribution in [1.29, 1.82) is 0 Å². The van der Waals surface area contributed by atoms with E-state index < -0.39 is 12.4 Å². The summed E-state index contributed by atoms with van der Waals surface area (Å²) in [6, 6.07) is 9.82. The van der Waals surface area contributed by atoms with Crippen molar-refractivity contribution in [3.63, 3.8) is 0 Å². The van der Waals surface area contributed by atoms with Crippen LogP contribution in [0.5, 0.6) is 0 Å². The molecule has 5 nitrogen and oxygen atoms in total. The molecule has 4 atom stereocenters. The van der Waals surface area contributed by atoms with E-state index in [1.165, 1.54) is 6.92 Å². The SMILES string of the molecule is CO[C@H]1O[C@H](C)C[C@H](OC(C)=O)[C@H]1OCc1ccccc1. The summed E-state index contributed by atoms with van der Waals surface area (Å²) in [5.74, 6) is -0.322. The molecular formula is C16H22O5. The summed E-state index contributed by atoms with van der Waals surface area (Å²) < 4.78 is 22.3. The Morgan fingerprint density at radius 3 is 2.67 bits per heavy atom. The molecule has 0 amide bonds. The van der Waals surface area contributed by atoms with E-state index in [2.05, 4.69) is 0 Å². The molecule has 1 heterocycles. The van der Waals surface area contributed by atoms with E-state index in [-0.39, 0.29) is 18.2 Å². The van der Waals surface area contributed by atoms with Gasteiger partial charge in [0.2, 0.25) is 0 Å². The van der Waals surface area contributed by atoms with E-state index in [1.807, 2.05) is 37.3 Å². The molecule has 1 saturated heterocycles. The second kappa shape index (κ2) is 7.54. The highest BCUT2D eigenvalue weighted by molar-refractivity contribution is 5.66. The minimum atomic E-state index is -0.540. The van der Waals surface area contributed by atoms with Crippen LogP contribution in [-0.2, 0) is 30.3 Å². The van der Waals surface area contributed by atoms with Crippen molar-refractivity contribution >= 4 is 5.97 Å². The lowest BCUT2D eigenvalue weighted by Gasteiger charge is -2.39. The fourth-order valence-electron chi connectivity index (χ4n) is 2.47. The number of methoxy groups -OCH3 is 1. The smallest absolute Gasteiger partial charge is 0.302 e. The zero-order valence-electron chi connectivity index (χ0n) is 12.7. The highest BCUT2D eigenvalue weighted by Crippen LogP contribution is 2.26. The standard InChI is InChI=1S/C16H22O5/c1-11-9-14(21-12(2)17)15(16(18-3)20-11)19-10-13-7-5-4-6-8-13/h4-8,11,14-16H,9-10H2,1-3H3/t11-,14+,15-,16+/m1/s1. The van der Waals surface area contributed by atoms with E-state index in [0.717, 1.165) is 5.56 Å². The monoisotopic (exact) mass is 294 g/mol. The molecule has 0 aliphatic carbocycles. The van der Waals surface area contributed by atoms with E-state index in [4.69, 9.17) is 18.9 Å². The Labute approximate surface area is 125 Å². The number of rotatable bonds is 5. The van der Waals surface area contributed by atoms with Crippen LogP contribution < -0.4 is 0 Å². The van der Waals surface area contributed by atoms with Crippen LogP contribution in [-0.4, -0.2) is 37.7 Å². The molecule has 21 heavy (non-hydrogen) atoms. The Morgan fingerprint density at radius 1 is 1.33 bits per heavy atom. The quantitative estimate of drug-likeness (QED) is 0.780. The molecule has 5 heteroatoms. The van der Waals surface area contributed by atoms with E-state index in [1.54, 1.807) is 7.11 Å². The van der Waals surface area contributed by atoms with Gasteiger partial charge in [-0.15, -0.1) is 0 Å². The molecule has 0 unspecified atom stereocenters. The lowest BCUT2D eigenvalue weighted by molar-refractivity contribution is -0.272. The Morgan fingerprint density at radius 2 is 2.05 bits per heavy atom. The highest BCUT2D eigenvalue weighted by atomic mass is 16.7. The molecule has 1 aliphatic rings. The number of hydrogen-bond acceptors (Lipinski definition) is 5. The molecule has 116 valence electrons. The second-order valence-electron chi connectivity index (χ2n) is 5.20. The lowest BCUT2D eigenvalue weighted by atomic mass is 10.0. The molecule has 1 aromatic carbocycles. The predicted molar refractivity (Wildman–Crippen MR) is 76.5 cm³/mol.